The van der Waals surface area contributed by atoms with Gasteiger partial charge in [0, 0.05) is 0 Å². The number of benzene rings is 2. The molecule has 0 aliphatic rings. The van der Waals surface area contributed by atoms with Gasteiger partial charge < -0.3 is 5.32 Å². The molecular weight excluding hydrogens is 391 g/mol. The molecule has 146 valence electrons. The van der Waals surface area contributed by atoms with Crippen LogP contribution in [0.15, 0.2) is 48.5 Å². The van der Waals surface area contributed by atoms with Crippen LogP contribution in [0.4, 0.5) is 18.9 Å². The molecule has 0 atom stereocenters. The van der Waals surface area contributed by atoms with E-state index in [1.54, 1.807) is 48.9 Å². The molecule has 0 unspecified atom stereocenters. The number of aromatic nitrogens is 2. The topological polar surface area (TPSA) is 46.9 Å². The van der Waals surface area contributed by atoms with Crippen molar-refractivity contribution in [1.82, 2.24) is 9.78 Å². The fourth-order valence-electron chi connectivity index (χ4n) is 2.88. The van der Waals surface area contributed by atoms with Crippen LogP contribution in [0.5, 0.6) is 0 Å². The lowest BCUT2D eigenvalue weighted by molar-refractivity contribution is -0.137. The van der Waals surface area contributed by atoms with E-state index in [1.165, 1.54) is 6.07 Å². The number of nitrogens with zero attached hydrogens (tertiary/aromatic N) is 2. The van der Waals surface area contributed by atoms with Crippen molar-refractivity contribution in [2.24, 2.45) is 0 Å². The summed E-state index contributed by atoms with van der Waals surface area (Å²) in [4.78, 5) is 12.5. The van der Waals surface area contributed by atoms with Gasteiger partial charge in [0.2, 0.25) is 0 Å². The smallest absolute Gasteiger partial charge is 0.319 e. The lowest BCUT2D eigenvalue weighted by Crippen LogP contribution is -2.14. The molecule has 0 saturated carbocycles. The zero-order valence-corrected chi connectivity index (χ0v) is 15.9. The standard InChI is InChI=1S/C20H17ClF3N3O/c1-12-18(25-19(28)16-8-3-4-9-17(16)21)13(2)27(26-12)11-14-6-5-7-15(10-14)20(22,23)24/h3-10H,11H2,1-2H3,(H,25,28). The number of halogens is 4. The van der Waals surface area contributed by atoms with E-state index in [0.717, 1.165) is 12.1 Å². The first-order valence-corrected chi connectivity index (χ1v) is 8.80. The van der Waals surface area contributed by atoms with Crippen LogP contribution in [-0.4, -0.2) is 15.7 Å². The quantitative estimate of drug-likeness (QED) is 0.623. The molecule has 0 aliphatic carbocycles. The molecule has 0 radical (unpaired) electrons. The highest BCUT2D eigenvalue weighted by molar-refractivity contribution is 6.34. The predicted octanol–water partition coefficient (Wildman–Crippen LogP) is 5.47. The Hall–Kier alpha value is -2.80. The predicted molar refractivity (Wildman–Crippen MR) is 102 cm³/mol. The molecule has 3 aromatic rings. The van der Waals surface area contributed by atoms with Gasteiger partial charge in [0.25, 0.3) is 5.91 Å². The van der Waals surface area contributed by atoms with Crippen molar-refractivity contribution < 1.29 is 18.0 Å². The van der Waals surface area contributed by atoms with Crippen molar-refractivity contribution >= 4 is 23.2 Å². The molecule has 28 heavy (non-hydrogen) atoms. The molecule has 1 amide bonds. The average molecular weight is 408 g/mol. The van der Waals surface area contributed by atoms with E-state index < -0.39 is 11.7 Å². The maximum atomic E-state index is 12.9. The first-order valence-electron chi connectivity index (χ1n) is 8.43. The number of rotatable bonds is 4. The van der Waals surface area contributed by atoms with Crippen molar-refractivity contribution in [3.63, 3.8) is 0 Å². The summed E-state index contributed by atoms with van der Waals surface area (Å²) in [6.45, 7) is 3.62. The maximum absolute atomic E-state index is 12.9. The fraction of sp³-hybridized carbons (Fsp3) is 0.200. The third kappa shape index (κ3) is 4.20. The number of anilines is 1. The van der Waals surface area contributed by atoms with Crippen molar-refractivity contribution in [2.45, 2.75) is 26.6 Å². The second-order valence-corrected chi connectivity index (χ2v) is 6.74. The van der Waals surface area contributed by atoms with Crippen LogP contribution < -0.4 is 5.32 Å². The normalized spacial score (nSPS) is 11.5. The Morgan fingerprint density at radius 3 is 2.54 bits per heavy atom. The van der Waals surface area contributed by atoms with Gasteiger partial charge in [0.05, 0.1) is 39.8 Å². The number of aryl methyl sites for hydroxylation is 1. The summed E-state index contributed by atoms with van der Waals surface area (Å²) in [6.07, 6.45) is -4.40. The van der Waals surface area contributed by atoms with Gasteiger partial charge in [-0.15, -0.1) is 0 Å². The average Bonchev–Trinajstić information content (AvgIpc) is 2.89. The number of hydrogen-bond acceptors (Lipinski definition) is 2. The Morgan fingerprint density at radius 1 is 1.14 bits per heavy atom. The minimum Gasteiger partial charge on any atom is -0.319 e. The number of carbonyl (C=O) groups excluding carboxylic acids is 1. The Kier molecular flexibility index (Phi) is 5.47. The summed E-state index contributed by atoms with van der Waals surface area (Å²) in [5.74, 6) is -0.379. The van der Waals surface area contributed by atoms with Crippen LogP contribution in [0.25, 0.3) is 0 Å². The van der Waals surface area contributed by atoms with Crippen LogP contribution in [0, 0.1) is 13.8 Å². The molecule has 1 aromatic heterocycles. The number of hydrogen-bond donors (Lipinski definition) is 1. The fourth-order valence-corrected chi connectivity index (χ4v) is 3.10. The van der Waals surface area contributed by atoms with Crippen LogP contribution in [0.1, 0.15) is 32.9 Å². The van der Waals surface area contributed by atoms with E-state index in [4.69, 9.17) is 11.6 Å². The lowest BCUT2D eigenvalue weighted by Gasteiger charge is -2.10. The van der Waals surface area contributed by atoms with E-state index >= 15 is 0 Å². The third-order valence-corrected chi connectivity index (χ3v) is 4.65. The minimum absolute atomic E-state index is 0.151. The Labute approximate surface area is 164 Å². The van der Waals surface area contributed by atoms with Crippen molar-refractivity contribution in [3.8, 4) is 0 Å². The molecule has 8 heteroatoms. The van der Waals surface area contributed by atoms with Crippen LogP contribution >= 0.6 is 11.6 Å². The highest BCUT2D eigenvalue weighted by Crippen LogP contribution is 2.30. The number of alkyl halides is 3. The second kappa shape index (κ2) is 7.67. The summed E-state index contributed by atoms with van der Waals surface area (Å²) < 4.78 is 40.3. The van der Waals surface area contributed by atoms with E-state index in [0.29, 0.717) is 33.2 Å². The highest BCUT2D eigenvalue weighted by Gasteiger charge is 2.30. The summed E-state index contributed by atoms with van der Waals surface area (Å²) in [5, 5.41) is 7.47. The van der Waals surface area contributed by atoms with Crippen LogP contribution in [0.2, 0.25) is 5.02 Å². The van der Waals surface area contributed by atoms with Gasteiger partial charge in [-0.2, -0.15) is 18.3 Å². The minimum atomic E-state index is -4.40. The van der Waals surface area contributed by atoms with E-state index in [9.17, 15) is 18.0 Å². The van der Waals surface area contributed by atoms with E-state index in [1.807, 2.05) is 0 Å². The van der Waals surface area contributed by atoms with Gasteiger partial charge >= 0.3 is 6.18 Å². The zero-order valence-electron chi connectivity index (χ0n) is 15.1. The molecule has 0 saturated heterocycles. The Bertz CT molecular complexity index is 1030. The number of carbonyl (C=O) groups is 1. The first-order chi connectivity index (χ1) is 13.2. The SMILES string of the molecule is Cc1nn(Cc2cccc(C(F)(F)F)c2)c(C)c1NC(=O)c1ccccc1Cl. The van der Waals surface area contributed by atoms with Crippen molar-refractivity contribution in [3.05, 3.63) is 81.6 Å². The highest BCUT2D eigenvalue weighted by atomic mass is 35.5. The van der Waals surface area contributed by atoms with Gasteiger partial charge in [-0.05, 0) is 43.7 Å². The van der Waals surface area contributed by atoms with Crippen LogP contribution in [0.3, 0.4) is 0 Å². The molecule has 0 bridgehead atoms. The molecule has 3 rings (SSSR count). The molecule has 0 spiro atoms. The van der Waals surface area contributed by atoms with Gasteiger partial charge in [0.1, 0.15) is 0 Å². The van der Waals surface area contributed by atoms with Crippen molar-refractivity contribution in [2.75, 3.05) is 5.32 Å². The summed E-state index contributed by atoms with van der Waals surface area (Å²) in [5.41, 5.74) is 1.79. The maximum Gasteiger partial charge on any atom is 0.416 e. The molecule has 4 nitrogen and oxygen atoms in total. The molecule has 1 N–H and O–H groups in total. The largest absolute Gasteiger partial charge is 0.416 e. The van der Waals surface area contributed by atoms with Gasteiger partial charge in [-0.3, -0.25) is 9.48 Å². The zero-order chi connectivity index (χ0) is 20.5. The van der Waals surface area contributed by atoms with E-state index in [2.05, 4.69) is 10.4 Å². The van der Waals surface area contributed by atoms with Crippen molar-refractivity contribution in [1.29, 1.82) is 0 Å². The molecule has 0 aliphatic heterocycles. The molecule has 1 heterocycles. The molecule has 2 aromatic carbocycles. The van der Waals surface area contributed by atoms with E-state index in [-0.39, 0.29) is 12.5 Å². The third-order valence-electron chi connectivity index (χ3n) is 4.33. The van der Waals surface area contributed by atoms with Gasteiger partial charge in [0.15, 0.2) is 0 Å². The molecule has 0 fully saturated rings. The first kappa shape index (κ1) is 19.9. The number of nitrogens with one attached hydrogen (secondary N) is 1. The van der Waals surface area contributed by atoms with Gasteiger partial charge in [-0.25, -0.2) is 0 Å². The van der Waals surface area contributed by atoms with Gasteiger partial charge in [-0.1, -0.05) is 35.9 Å². The molecular formula is C20H17ClF3N3O. The Balaban J connectivity index is 1.85. The summed E-state index contributed by atoms with van der Waals surface area (Å²) in [6, 6.07) is 11.7. The summed E-state index contributed by atoms with van der Waals surface area (Å²) >= 11 is 6.06. The second-order valence-electron chi connectivity index (χ2n) is 6.34. The van der Waals surface area contributed by atoms with Crippen LogP contribution in [-0.2, 0) is 12.7 Å². The number of amides is 1. The Morgan fingerprint density at radius 2 is 1.86 bits per heavy atom. The lowest BCUT2D eigenvalue weighted by atomic mass is 10.1. The monoisotopic (exact) mass is 407 g/mol. The summed E-state index contributed by atoms with van der Waals surface area (Å²) in [7, 11) is 0.